The van der Waals surface area contributed by atoms with Crippen molar-refractivity contribution < 1.29 is 0 Å². The van der Waals surface area contributed by atoms with Gasteiger partial charge in [0.25, 0.3) is 0 Å². The third-order valence-corrected chi connectivity index (χ3v) is 7.50. The van der Waals surface area contributed by atoms with Crippen LogP contribution in [0.1, 0.15) is 11.1 Å². The van der Waals surface area contributed by atoms with Crippen LogP contribution in [0.2, 0.25) is 0 Å². The molecular formula is C27H16S. The van der Waals surface area contributed by atoms with Gasteiger partial charge in [-0.15, -0.1) is 11.3 Å². The first kappa shape index (κ1) is 14.8. The molecule has 0 atom stereocenters. The highest BCUT2D eigenvalue weighted by atomic mass is 32.1. The van der Waals surface area contributed by atoms with Gasteiger partial charge in [-0.3, -0.25) is 0 Å². The van der Waals surface area contributed by atoms with E-state index in [0.717, 1.165) is 6.42 Å². The van der Waals surface area contributed by atoms with Gasteiger partial charge in [0.05, 0.1) is 0 Å². The minimum absolute atomic E-state index is 1.03. The highest BCUT2D eigenvalue weighted by Crippen LogP contribution is 2.51. The highest BCUT2D eigenvalue weighted by Gasteiger charge is 2.27. The molecule has 0 aliphatic heterocycles. The lowest BCUT2D eigenvalue weighted by molar-refractivity contribution is 1.30. The van der Waals surface area contributed by atoms with E-state index in [-0.39, 0.29) is 0 Å². The zero-order valence-corrected chi connectivity index (χ0v) is 16.0. The van der Waals surface area contributed by atoms with Crippen molar-refractivity contribution in [3.8, 4) is 11.1 Å². The Labute approximate surface area is 166 Å². The standard InChI is InChI=1S/C27H16S/c1-2-8-18-16(7-1)13-14-17-15-22-25(24(17)18)19-9-3-4-10-20(19)26-21-11-5-6-12-23(21)28-27(22)26/h1-14H,15H2. The molecule has 0 amide bonds. The predicted molar refractivity (Wildman–Crippen MR) is 123 cm³/mol. The summed E-state index contributed by atoms with van der Waals surface area (Å²) in [4.78, 5) is 0. The third-order valence-electron chi connectivity index (χ3n) is 6.27. The number of benzene rings is 5. The van der Waals surface area contributed by atoms with E-state index in [0.29, 0.717) is 0 Å². The van der Waals surface area contributed by atoms with Gasteiger partial charge in [-0.05, 0) is 49.9 Å². The Morgan fingerprint density at radius 1 is 0.571 bits per heavy atom. The topological polar surface area (TPSA) is 0 Å². The molecule has 0 spiro atoms. The van der Waals surface area contributed by atoms with Crippen LogP contribution in [0.3, 0.4) is 0 Å². The molecule has 0 unspecified atom stereocenters. The van der Waals surface area contributed by atoms with Crippen LogP contribution in [0.25, 0.3) is 52.8 Å². The molecule has 130 valence electrons. The van der Waals surface area contributed by atoms with E-state index >= 15 is 0 Å². The normalized spacial score (nSPS) is 12.9. The summed E-state index contributed by atoms with van der Waals surface area (Å²) in [5.41, 5.74) is 5.88. The van der Waals surface area contributed by atoms with E-state index in [2.05, 4.69) is 84.9 Å². The molecule has 1 heterocycles. The molecule has 0 saturated carbocycles. The van der Waals surface area contributed by atoms with Gasteiger partial charge in [0.15, 0.2) is 0 Å². The molecule has 1 aliphatic carbocycles. The van der Waals surface area contributed by atoms with Crippen molar-refractivity contribution in [2.24, 2.45) is 0 Å². The van der Waals surface area contributed by atoms with Crippen LogP contribution in [0, 0.1) is 0 Å². The quantitative estimate of drug-likeness (QED) is 0.253. The molecule has 1 aliphatic rings. The minimum Gasteiger partial charge on any atom is -0.135 e. The fraction of sp³-hybridized carbons (Fsp3) is 0.0370. The van der Waals surface area contributed by atoms with Crippen LogP contribution >= 0.6 is 11.3 Å². The average Bonchev–Trinajstić information content (AvgIpc) is 3.33. The first-order valence-corrected chi connectivity index (χ1v) is 10.6. The summed E-state index contributed by atoms with van der Waals surface area (Å²) in [7, 11) is 0. The van der Waals surface area contributed by atoms with Crippen molar-refractivity contribution in [2.45, 2.75) is 6.42 Å². The van der Waals surface area contributed by atoms with Crippen LogP contribution in [-0.2, 0) is 6.42 Å². The van der Waals surface area contributed by atoms with Crippen LogP contribution in [-0.4, -0.2) is 0 Å². The Bertz CT molecular complexity index is 1580. The third kappa shape index (κ3) is 1.75. The number of thiophene rings is 1. The van der Waals surface area contributed by atoms with Gasteiger partial charge in [0.2, 0.25) is 0 Å². The van der Waals surface area contributed by atoms with Crippen LogP contribution in [0.5, 0.6) is 0 Å². The summed E-state index contributed by atoms with van der Waals surface area (Å²) in [5, 5.41) is 8.31. The first-order valence-electron chi connectivity index (χ1n) is 9.76. The Morgan fingerprint density at radius 2 is 1.29 bits per heavy atom. The largest absolute Gasteiger partial charge is 0.135 e. The molecule has 0 radical (unpaired) electrons. The van der Waals surface area contributed by atoms with Gasteiger partial charge in [-0.2, -0.15) is 0 Å². The highest BCUT2D eigenvalue weighted by molar-refractivity contribution is 7.26. The molecule has 6 aromatic rings. The molecule has 0 bridgehead atoms. The summed E-state index contributed by atoms with van der Waals surface area (Å²) in [5.74, 6) is 0. The number of hydrogen-bond acceptors (Lipinski definition) is 1. The molecule has 0 saturated heterocycles. The lowest BCUT2D eigenvalue weighted by atomic mass is 9.92. The molecule has 0 N–H and O–H groups in total. The van der Waals surface area contributed by atoms with E-state index in [1.54, 1.807) is 0 Å². The first-order chi connectivity index (χ1) is 13.9. The van der Waals surface area contributed by atoms with Gasteiger partial charge >= 0.3 is 0 Å². The van der Waals surface area contributed by atoms with Gasteiger partial charge in [-0.25, -0.2) is 0 Å². The number of fused-ring (bicyclic) bond motifs is 12. The van der Waals surface area contributed by atoms with E-state index < -0.39 is 0 Å². The Morgan fingerprint density at radius 3 is 2.18 bits per heavy atom. The van der Waals surface area contributed by atoms with E-state index in [1.165, 1.54) is 64.0 Å². The SMILES string of the molecule is c1ccc2c3c(ccc2c1)Cc1c-3c2ccccc2c2c1sc1ccccc12. The molecule has 0 fully saturated rings. The van der Waals surface area contributed by atoms with Crippen molar-refractivity contribution in [3.63, 3.8) is 0 Å². The fourth-order valence-corrected chi connectivity index (χ4v) is 6.39. The molecule has 1 aromatic heterocycles. The van der Waals surface area contributed by atoms with Crippen molar-refractivity contribution in [1.82, 2.24) is 0 Å². The second-order valence-electron chi connectivity index (χ2n) is 7.70. The zero-order chi connectivity index (χ0) is 18.2. The van der Waals surface area contributed by atoms with Crippen molar-refractivity contribution in [1.29, 1.82) is 0 Å². The Kier molecular flexibility index (Phi) is 2.76. The maximum Gasteiger partial charge on any atom is 0.0403 e. The lowest BCUT2D eigenvalue weighted by Gasteiger charge is -2.11. The van der Waals surface area contributed by atoms with E-state index in [4.69, 9.17) is 0 Å². The Balaban J connectivity index is 1.77. The summed E-state index contributed by atoms with van der Waals surface area (Å²) >= 11 is 1.96. The molecule has 7 rings (SSSR count). The maximum absolute atomic E-state index is 2.34. The van der Waals surface area contributed by atoms with Crippen LogP contribution < -0.4 is 0 Å². The molecular weight excluding hydrogens is 356 g/mol. The van der Waals surface area contributed by atoms with Crippen molar-refractivity contribution in [3.05, 3.63) is 96.1 Å². The second kappa shape index (κ2) is 5.21. The summed E-state index contributed by atoms with van der Waals surface area (Å²) < 4.78 is 2.85. The maximum atomic E-state index is 2.34. The number of hydrogen-bond donors (Lipinski definition) is 0. The van der Waals surface area contributed by atoms with Gasteiger partial charge < -0.3 is 0 Å². The molecule has 1 heteroatoms. The Hall–Kier alpha value is -3.16. The van der Waals surface area contributed by atoms with Crippen LogP contribution in [0.15, 0.2) is 84.9 Å². The fourth-order valence-electron chi connectivity index (χ4n) is 5.12. The molecule has 0 nitrogen and oxygen atoms in total. The van der Waals surface area contributed by atoms with Crippen molar-refractivity contribution in [2.75, 3.05) is 0 Å². The summed E-state index contributed by atoms with van der Waals surface area (Å²) in [6, 6.07) is 31.3. The van der Waals surface area contributed by atoms with Gasteiger partial charge in [-0.1, -0.05) is 78.9 Å². The average molecular weight is 372 g/mol. The second-order valence-corrected chi connectivity index (χ2v) is 8.75. The minimum atomic E-state index is 1.03. The van der Waals surface area contributed by atoms with Crippen LogP contribution in [0.4, 0.5) is 0 Å². The lowest BCUT2D eigenvalue weighted by Crippen LogP contribution is -1.85. The smallest absolute Gasteiger partial charge is 0.0403 e. The van der Waals surface area contributed by atoms with Gasteiger partial charge in [0, 0.05) is 26.6 Å². The monoisotopic (exact) mass is 372 g/mol. The van der Waals surface area contributed by atoms with Gasteiger partial charge in [0.1, 0.15) is 0 Å². The molecule has 5 aromatic carbocycles. The summed E-state index contributed by atoms with van der Waals surface area (Å²) in [6.45, 7) is 0. The zero-order valence-electron chi connectivity index (χ0n) is 15.2. The van der Waals surface area contributed by atoms with Crippen molar-refractivity contribution >= 4 is 53.1 Å². The predicted octanol–water partition coefficient (Wildman–Crippen LogP) is 7.93. The van der Waals surface area contributed by atoms with E-state index in [9.17, 15) is 0 Å². The number of rotatable bonds is 0. The summed E-state index contributed by atoms with van der Waals surface area (Å²) in [6.07, 6.45) is 1.03. The van der Waals surface area contributed by atoms with E-state index in [1.807, 2.05) is 11.3 Å². The molecule has 28 heavy (non-hydrogen) atoms.